The molecule has 4 rings (SSSR count). The highest BCUT2D eigenvalue weighted by atomic mass is 35.5. The number of carbonyl (C=O) groups excluding carboxylic acids is 1. The van der Waals surface area contributed by atoms with Crippen LogP contribution in [0.15, 0.2) is 61.2 Å². The van der Waals surface area contributed by atoms with Gasteiger partial charge in [-0.1, -0.05) is 67.4 Å². The predicted molar refractivity (Wildman–Crippen MR) is 147 cm³/mol. The number of nitrogens with zero attached hydrogens (tertiary/aromatic N) is 1. The van der Waals surface area contributed by atoms with Crippen molar-refractivity contribution in [3.05, 3.63) is 82.4 Å². The molecule has 1 amide bonds. The van der Waals surface area contributed by atoms with Crippen LogP contribution in [0.1, 0.15) is 69.0 Å². The summed E-state index contributed by atoms with van der Waals surface area (Å²) in [6.07, 6.45) is 6.63. The Morgan fingerprint density at radius 2 is 1.85 bits per heavy atom. The van der Waals surface area contributed by atoms with Crippen molar-refractivity contribution in [3.8, 4) is 0 Å². The normalized spacial score (nSPS) is 25.9. The van der Waals surface area contributed by atoms with Crippen LogP contribution in [0.25, 0.3) is 0 Å². The van der Waals surface area contributed by atoms with Crippen molar-refractivity contribution in [3.63, 3.8) is 0 Å². The fraction of sp³-hybridized carbons (Fsp3) is 0.483. The van der Waals surface area contributed by atoms with Crippen molar-refractivity contribution >= 4 is 40.9 Å². The van der Waals surface area contributed by atoms with Crippen molar-refractivity contribution in [1.82, 2.24) is 4.90 Å². The van der Waals surface area contributed by atoms with Crippen LogP contribution in [-0.4, -0.2) is 28.4 Å². The Bertz CT molecular complexity index is 1010. The Hall–Kier alpha value is -1.42. The minimum Gasteiger partial charge on any atom is -0.330 e. The number of halogens is 2. The molecular formula is C29H35Cl2NOS. The summed E-state index contributed by atoms with van der Waals surface area (Å²) in [7, 11) is 0. The summed E-state index contributed by atoms with van der Waals surface area (Å²) in [5, 5.41) is 1.45. The molecule has 2 nitrogen and oxygen atoms in total. The molecule has 1 heterocycles. The lowest BCUT2D eigenvalue weighted by atomic mass is 9.65. The highest BCUT2D eigenvalue weighted by Gasteiger charge is 2.54. The number of likely N-dealkylation sites (tertiary alicyclic amines) is 1. The summed E-state index contributed by atoms with van der Waals surface area (Å²) in [5.41, 5.74) is 1.91. The highest BCUT2D eigenvalue weighted by Crippen LogP contribution is 2.55. The average Bonchev–Trinajstić information content (AvgIpc) is 3.67. The van der Waals surface area contributed by atoms with E-state index in [1.807, 2.05) is 42.1 Å². The van der Waals surface area contributed by atoms with Gasteiger partial charge in [0.2, 0.25) is 5.91 Å². The summed E-state index contributed by atoms with van der Waals surface area (Å²) in [4.78, 5) is 16.8. The maximum absolute atomic E-state index is 14.5. The fourth-order valence-electron chi connectivity index (χ4n) is 5.71. The second kappa shape index (κ2) is 11.1. The summed E-state index contributed by atoms with van der Waals surface area (Å²) < 4.78 is 0. The first-order valence-corrected chi connectivity index (χ1v) is 14.4. The molecule has 2 aliphatic rings. The Morgan fingerprint density at radius 3 is 2.44 bits per heavy atom. The van der Waals surface area contributed by atoms with E-state index in [0.717, 1.165) is 34.9 Å². The summed E-state index contributed by atoms with van der Waals surface area (Å²) in [5.74, 6) is 3.05. The number of amides is 1. The van der Waals surface area contributed by atoms with Crippen LogP contribution in [0.2, 0.25) is 10.0 Å². The first-order chi connectivity index (χ1) is 16.4. The molecule has 1 aliphatic carbocycles. The van der Waals surface area contributed by atoms with Crippen LogP contribution in [0.4, 0.5) is 0 Å². The number of carbonyl (C=O) groups is 1. The van der Waals surface area contributed by atoms with Gasteiger partial charge >= 0.3 is 0 Å². The van der Waals surface area contributed by atoms with E-state index in [1.165, 1.54) is 18.4 Å². The summed E-state index contributed by atoms with van der Waals surface area (Å²) in [6, 6.07) is 16.5. The number of benzene rings is 2. The van der Waals surface area contributed by atoms with Gasteiger partial charge in [-0.05, 0) is 79.2 Å². The molecule has 2 aromatic carbocycles. The quantitative estimate of drug-likeness (QED) is 0.295. The van der Waals surface area contributed by atoms with Crippen molar-refractivity contribution in [2.75, 3.05) is 11.5 Å². The molecule has 0 bridgehead atoms. The summed E-state index contributed by atoms with van der Waals surface area (Å²) in [6.45, 7) is 8.39. The zero-order chi connectivity index (χ0) is 24.3. The standard InChI is InChI=1S/C29H35Cl2NOS/c1-4-16-29(5-2)18-25(22-8-7-9-24(31)17-22)27(21-12-14-23(30)15-13-21)32(28(29)33)26(19-34-6-3)20-10-11-20/h4,7-9,12-15,17,20,25-27H,1,5-6,10-11,16,18-19H2,2-3H3/t25-,26?,27-,29?/m1/s1. The third kappa shape index (κ3) is 5.22. The highest BCUT2D eigenvalue weighted by molar-refractivity contribution is 7.99. The molecule has 0 N–H and O–H groups in total. The van der Waals surface area contributed by atoms with Crippen molar-refractivity contribution < 1.29 is 4.79 Å². The minimum absolute atomic E-state index is 0.0456. The predicted octanol–water partition coefficient (Wildman–Crippen LogP) is 8.55. The number of thioether (sulfide) groups is 1. The largest absolute Gasteiger partial charge is 0.330 e. The molecule has 2 aromatic rings. The Kier molecular flexibility index (Phi) is 8.38. The maximum atomic E-state index is 14.5. The SMILES string of the molecule is C=CCC1(CC)C[C@H](c2cccc(Cl)c2)[C@@H](c2ccc(Cl)cc2)N(C(CSCC)C2CC2)C1=O. The van der Waals surface area contributed by atoms with E-state index >= 15 is 0 Å². The van der Waals surface area contributed by atoms with Gasteiger partial charge in [-0.25, -0.2) is 0 Å². The molecule has 0 spiro atoms. The van der Waals surface area contributed by atoms with Gasteiger partial charge in [0.15, 0.2) is 0 Å². The zero-order valence-electron chi connectivity index (χ0n) is 20.2. The van der Waals surface area contributed by atoms with Gasteiger partial charge in [-0.15, -0.1) is 6.58 Å². The molecule has 5 heteroatoms. The molecule has 2 unspecified atom stereocenters. The van der Waals surface area contributed by atoms with Gasteiger partial charge in [-0.3, -0.25) is 4.79 Å². The molecular weight excluding hydrogens is 481 g/mol. The third-order valence-electron chi connectivity index (χ3n) is 7.70. The lowest BCUT2D eigenvalue weighted by Gasteiger charge is -2.53. The van der Waals surface area contributed by atoms with E-state index in [2.05, 4.69) is 49.6 Å². The first-order valence-electron chi connectivity index (χ1n) is 12.5. The molecule has 34 heavy (non-hydrogen) atoms. The van der Waals surface area contributed by atoms with Gasteiger partial charge in [-0.2, -0.15) is 11.8 Å². The third-order valence-corrected chi connectivity index (χ3v) is 9.17. The molecule has 1 aliphatic heterocycles. The molecule has 1 saturated heterocycles. The van der Waals surface area contributed by atoms with Crippen LogP contribution in [0, 0.1) is 11.3 Å². The average molecular weight is 517 g/mol. The van der Waals surface area contributed by atoms with Gasteiger partial charge in [0.05, 0.1) is 11.5 Å². The van der Waals surface area contributed by atoms with E-state index < -0.39 is 5.41 Å². The number of piperidine rings is 1. The first kappa shape index (κ1) is 25.7. The number of hydrogen-bond acceptors (Lipinski definition) is 2. The van der Waals surface area contributed by atoms with Crippen LogP contribution in [0.3, 0.4) is 0 Å². The zero-order valence-corrected chi connectivity index (χ0v) is 22.5. The topological polar surface area (TPSA) is 20.3 Å². The van der Waals surface area contributed by atoms with E-state index in [4.69, 9.17) is 23.2 Å². The molecule has 2 fully saturated rings. The minimum atomic E-state index is -0.443. The number of rotatable bonds is 10. The van der Waals surface area contributed by atoms with E-state index in [9.17, 15) is 4.79 Å². The Balaban J connectivity index is 1.90. The van der Waals surface area contributed by atoms with E-state index in [1.54, 1.807) is 0 Å². The second-order valence-corrected chi connectivity index (χ2v) is 12.0. The van der Waals surface area contributed by atoms with E-state index in [0.29, 0.717) is 23.3 Å². The van der Waals surface area contributed by atoms with Gasteiger partial charge in [0.25, 0.3) is 0 Å². The molecule has 0 radical (unpaired) electrons. The summed E-state index contributed by atoms with van der Waals surface area (Å²) >= 11 is 14.7. The lowest BCUT2D eigenvalue weighted by molar-refractivity contribution is -0.156. The van der Waals surface area contributed by atoms with Gasteiger partial charge in [0, 0.05) is 27.8 Å². The molecule has 182 valence electrons. The van der Waals surface area contributed by atoms with E-state index in [-0.39, 0.29) is 18.0 Å². The molecule has 0 aromatic heterocycles. The van der Waals surface area contributed by atoms with Gasteiger partial charge < -0.3 is 4.90 Å². The van der Waals surface area contributed by atoms with Crippen molar-refractivity contribution in [2.45, 2.75) is 64.0 Å². The van der Waals surface area contributed by atoms with Gasteiger partial charge in [0.1, 0.15) is 0 Å². The van der Waals surface area contributed by atoms with Crippen LogP contribution in [0.5, 0.6) is 0 Å². The Morgan fingerprint density at radius 1 is 1.12 bits per heavy atom. The van der Waals surface area contributed by atoms with Crippen molar-refractivity contribution in [2.24, 2.45) is 11.3 Å². The van der Waals surface area contributed by atoms with Crippen LogP contribution >= 0.6 is 35.0 Å². The number of allylic oxidation sites excluding steroid dienone is 1. The Labute approximate surface area is 219 Å². The van der Waals surface area contributed by atoms with Crippen molar-refractivity contribution in [1.29, 1.82) is 0 Å². The monoisotopic (exact) mass is 515 g/mol. The smallest absolute Gasteiger partial charge is 0.229 e. The fourth-order valence-corrected chi connectivity index (χ4v) is 6.95. The number of hydrogen-bond donors (Lipinski definition) is 0. The maximum Gasteiger partial charge on any atom is 0.229 e. The van der Waals surface area contributed by atoms with Crippen LogP contribution < -0.4 is 0 Å². The lowest BCUT2D eigenvalue weighted by Crippen LogP contribution is -2.57. The second-order valence-electron chi connectivity index (χ2n) is 9.77. The van der Waals surface area contributed by atoms with Crippen LogP contribution in [-0.2, 0) is 4.79 Å². The molecule has 4 atom stereocenters. The molecule has 1 saturated carbocycles.